The molecule has 6 nitrogen and oxygen atoms in total. The Balaban J connectivity index is 1.62. The number of rotatable bonds is 4. The van der Waals surface area contributed by atoms with Gasteiger partial charge in [0.15, 0.2) is 0 Å². The number of aromatic nitrogens is 5. The highest BCUT2D eigenvalue weighted by molar-refractivity contribution is 7.71. The number of halogens is 3. The monoisotopic (exact) mass is 414 g/mol. The first-order valence-corrected chi connectivity index (χ1v) is 8.83. The lowest BCUT2D eigenvalue weighted by molar-refractivity contribution is -0.137. The van der Waals surface area contributed by atoms with Crippen LogP contribution >= 0.6 is 12.2 Å². The average Bonchev–Trinajstić information content (AvgIpc) is 3.33. The van der Waals surface area contributed by atoms with Crippen LogP contribution in [0.2, 0.25) is 0 Å². The number of hydrogen-bond donors (Lipinski definition) is 2. The van der Waals surface area contributed by atoms with E-state index in [1.807, 2.05) is 36.4 Å². The number of hydrogen-bond acceptors (Lipinski definition) is 4. The molecule has 10 heteroatoms. The summed E-state index contributed by atoms with van der Waals surface area (Å²) in [6, 6.07) is 16.1. The fourth-order valence-electron chi connectivity index (χ4n) is 2.65. The molecule has 2 N–H and O–H groups in total. The van der Waals surface area contributed by atoms with Gasteiger partial charge in [-0.1, -0.05) is 42.5 Å². The molecule has 146 valence electrons. The molecule has 0 aliphatic heterocycles. The van der Waals surface area contributed by atoms with E-state index in [1.54, 1.807) is 0 Å². The van der Waals surface area contributed by atoms with Crippen LogP contribution in [0, 0.1) is 4.77 Å². The minimum Gasteiger partial charge on any atom is -0.274 e. The van der Waals surface area contributed by atoms with Crippen LogP contribution in [0.15, 0.2) is 65.8 Å². The van der Waals surface area contributed by atoms with Crippen molar-refractivity contribution >= 4 is 18.4 Å². The first-order valence-electron chi connectivity index (χ1n) is 8.42. The van der Waals surface area contributed by atoms with Crippen LogP contribution < -0.4 is 0 Å². The molecule has 29 heavy (non-hydrogen) atoms. The van der Waals surface area contributed by atoms with Crippen molar-refractivity contribution in [1.82, 2.24) is 25.1 Å². The van der Waals surface area contributed by atoms with E-state index in [-0.39, 0.29) is 4.77 Å². The Morgan fingerprint density at radius 2 is 1.69 bits per heavy atom. The van der Waals surface area contributed by atoms with Gasteiger partial charge in [0.1, 0.15) is 5.69 Å². The zero-order chi connectivity index (χ0) is 20.4. The summed E-state index contributed by atoms with van der Waals surface area (Å²) in [7, 11) is 0. The Morgan fingerprint density at radius 1 is 0.966 bits per heavy atom. The van der Waals surface area contributed by atoms with Crippen LogP contribution in [-0.2, 0) is 6.18 Å². The van der Waals surface area contributed by atoms with Crippen molar-refractivity contribution in [2.45, 2.75) is 6.18 Å². The third kappa shape index (κ3) is 4.02. The molecule has 0 saturated carbocycles. The van der Waals surface area contributed by atoms with Crippen molar-refractivity contribution in [2.24, 2.45) is 5.10 Å². The molecule has 0 amide bonds. The summed E-state index contributed by atoms with van der Waals surface area (Å²) in [6.07, 6.45) is -2.98. The molecule has 0 radical (unpaired) electrons. The van der Waals surface area contributed by atoms with E-state index >= 15 is 0 Å². The fraction of sp³-hybridized carbons (Fsp3) is 0.0526. The molecule has 0 atom stereocenters. The minimum atomic E-state index is -4.38. The fourth-order valence-corrected chi connectivity index (χ4v) is 2.83. The van der Waals surface area contributed by atoms with Gasteiger partial charge in [-0.2, -0.15) is 33.1 Å². The Hall–Kier alpha value is -3.53. The van der Waals surface area contributed by atoms with Crippen molar-refractivity contribution in [3.8, 4) is 22.8 Å². The second-order valence-corrected chi connectivity index (χ2v) is 6.45. The molecule has 0 unspecified atom stereocenters. The number of nitrogens with one attached hydrogen (secondary N) is 2. The van der Waals surface area contributed by atoms with Crippen molar-refractivity contribution < 1.29 is 13.2 Å². The highest BCUT2D eigenvalue weighted by Gasteiger charge is 2.29. The van der Waals surface area contributed by atoms with E-state index in [2.05, 4.69) is 25.5 Å². The average molecular weight is 414 g/mol. The predicted octanol–water partition coefficient (Wildman–Crippen LogP) is 4.90. The van der Waals surface area contributed by atoms with E-state index in [0.29, 0.717) is 17.1 Å². The second-order valence-electron chi connectivity index (χ2n) is 6.06. The Kier molecular flexibility index (Phi) is 4.85. The Labute approximate surface area is 167 Å². The largest absolute Gasteiger partial charge is 0.416 e. The Bertz CT molecular complexity index is 1200. The van der Waals surface area contributed by atoms with E-state index < -0.39 is 11.7 Å². The number of benzene rings is 2. The summed E-state index contributed by atoms with van der Waals surface area (Å²) in [5, 5.41) is 18.2. The minimum absolute atomic E-state index is 0.235. The lowest BCUT2D eigenvalue weighted by atomic mass is 10.1. The molecular formula is C19H13F3N6S. The van der Waals surface area contributed by atoms with Crippen LogP contribution in [0.25, 0.3) is 22.8 Å². The van der Waals surface area contributed by atoms with E-state index in [4.69, 9.17) is 12.2 Å². The molecule has 4 rings (SSSR count). The quantitative estimate of drug-likeness (QED) is 0.369. The van der Waals surface area contributed by atoms with Crippen LogP contribution in [0.1, 0.15) is 11.1 Å². The van der Waals surface area contributed by atoms with Crippen molar-refractivity contribution in [3.63, 3.8) is 0 Å². The van der Waals surface area contributed by atoms with Gasteiger partial charge in [0.25, 0.3) is 0 Å². The molecule has 0 aliphatic carbocycles. The van der Waals surface area contributed by atoms with Crippen molar-refractivity contribution in [2.75, 3.05) is 0 Å². The van der Waals surface area contributed by atoms with Gasteiger partial charge in [0, 0.05) is 5.56 Å². The van der Waals surface area contributed by atoms with Gasteiger partial charge < -0.3 is 0 Å². The normalized spacial score (nSPS) is 12.0. The summed E-state index contributed by atoms with van der Waals surface area (Å²) < 4.78 is 39.6. The summed E-state index contributed by atoms with van der Waals surface area (Å²) in [5.41, 5.74) is 2.01. The number of alkyl halides is 3. The van der Waals surface area contributed by atoms with E-state index in [1.165, 1.54) is 23.0 Å². The van der Waals surface area contributed by atoms with Gasteiger partial charge in [-0.25, -0.2) is 5.10 Å². The first-order chi connectivity index (χ1) is 13.9. The molecule has 0 spiro atoms. The van der Waals surface area contributed by atoms with Crippen LogP contribution in [0.4, 0.5) is 13.2 Å². The van der Waals surface area contributed by atoms with Crippen molar-refractivity contribution in [3.05, 3.63) is 76.6 Å². The summed E-state index contributed by atoms with van der Waals surface area (Å²) in [4.78, 5) is 0. The third-order valence-electron chi connectivity index (χ3n) is 4.10. The maximum Gasteiger partial charge on any atom is 0.416 e. The molecule has 2 heterocycles. The number of nitrogens with zero attached hydrogens (tertiary/aromatic N) is 4. The van der Waals surface area contributed by atoms with Gasteiger partial charge in [-0.3, -0.25) is 5.10 Å². The van der Waals surface area contributed by atoms with Crippen molar-refractivity contribution in [1.29, 1.82) is 0 Å². The smallest absolute Gasteiger partial charge is 0.274 e. The summed E-state index contributed by atoms with van der Waals surface area (Å²) in [6.45, 7) is 0. The molecule has 2 aromatic carbocycles. The summed E-state index contributed by atoms with van der Waals surface area (Å²) >= 11 is 5.21. The standard InChI is InChI=1S/C19H13F3N6S/c20-19(21,22)14-8-6-12(7-9-14)11-23-28-17(26-27-18(28)29)16-10-15(24-25-16)13-4-2-1-3-5-13/h1-11H,(H,24,25)(H,27,29)/b23-11-. The topological polar surface area (TPSA) is 74.7 Å². The van der Waals surface area contributed by atoms with E-state index in [0.717, 1.165) is 23.4 Å². The second kappa shape index (κ2) is 7.47. The van der Waals surface area contributed by atoms with Gasteiger partial charge in [0.2, 0.25) is 10.6 Å². The summed E-state index contributed by atoms with van der Waals surface area (Å²) in [5.74, 6) is 0.396. The van der Waals surface area contributed by atoms with Crippen LogP contribution in [0.5, 0.6) is 0 Å². The SMILES string of the molecule is FC(F)(F)c1ccc(/C=N\n2c(-c3cc(-c4ccccc4)n[nH]3)n[nH]c2=S)cc1. The molecule has 0 saturated heterocycles. The molecule has 0 fully saturated rings. The van der Waals surface area contributed by atoms with Crippen LogP contribution in [0.3, 0.4) is 0 Å². The lowest BCUT2D eigenvalue weighted by Gasteiger charge is -2.05. The lowest BCUT2D eigenvalue weighted by Crippen LogP contribution is -2.04. The molecular weight excluding hydrogens is 401 g/mol. The third-order valence-corrected chi connectivity index (χ3v) is 4.36. The highest BCUT2D eigenvalue weighted by atomic mass is 32.1. The number of aromatic amines is 2. The Morgan fingerprint density at radius 3 is 2.38 bits per heavy atom. The first kappa shape index (κ1) is 18.8. The predicted molar refractivity (Wildman–Crippen MR) is 105 cm³/mol. The molecule has 0 aliphatic rings. The zero-order valence-electron chi connectivity index (χ0n) is 14.7. The zero-order valence-corrected chi connectivity index (χ0v) is 15.5. The molecule has 4 aromatic rings. The van der Waals surface area contributed by atoms with Gasteiger partial charge in [-0.05, 0) is 36.0 Å². The maximum absolute atomic E-state index is 12.7. The van der Waals surface area contributed by atoms with Gasteiger partial charge in [0.05, 0.1) is 17.5 Å². The molecule has 0 bridgehead atoms. The van der Waals surface area contributed by atoms with E-state index in [9.17, 15) is 13.2 Å². The highest BCUT2D eigenvalue weighted by Crippen LogP contribution is 2.29. The number of H-pyrrole nitrogens is 2. The van der Waals surface area contributed by atoms with Gasteiger partial charge >= 0.3 is 6.18 Å². The molecule has 2 aromatic heterocycles. The van der Waals surface area contributed by atoms with Gasteiger partial charge in [-0.15, -0.1) is 0 Å². The van der Waals surface area contributed by atoms with Crippen LogP contribution in [-0.4, -0.2) is 31.3 Å². The maximum atomic E-state index is 12.7.